The number of hydrogen-bond acceptors (Lipinski definition) is 4. The first-order valence-corrected chi connectivity index (χ1v) is 11.1. The maximum atomic E-state index is 13.7. The lowest BCUT2D eigenvalue weighted by molar-refractivity contribution is 0.561. The van der Waals surface area contributed by atoms with Crippen LogP contribution in [-0.2, 0) is 23.8 Å². The van der Waals surface area contributed by atoms with Crippen molar-refractivity contribution in [3.05, 3.63) is 46.9 Å². The van der Waals surface area contributed by atoms with Crippen LogP contribution in [0.2, 0.25) is 0 Å². The van der Waals surface area contributed by atoms with Gasteiger partial charge in [0.1, 0.15) is 23.0 Å². The van der Waals surface area contributed by atoms with Crippen molar-refractivity contribution >= 4 is 27.7 Å². The number of fused-ring (bicyclic) bond motifs is 1. The van der Waals surface area contributed by atoms with Crippen LogP contribution in [0.5, 0.6) is 0 Å². The maximum absolute atomic E-state index is 13.7. The second-order valence-corrected chi connectivity index (χ2v) is 8.66. The third-order valence-electron chi connectivity index (χ3n) is 5.14. The van der Waals surface area contributed by atoms with E-state index < -0.39 is 22.4 Å². The van der Waals surface area contributed by atoms with Crippen LogP contribution >= 0.6 is 0 Å². The summed E-state index contributed by atoms with van der Waals surface area (Å²) in [6.45, 7) is 6.81. The number of nitrogens with two attached hydrogens (primary N) is 1. The zero-order chi connectivity index (χ0) is 21.1. The Labute approximate surface area is 171 Å². The number of aromatic nitrogens is 3. The van der Waals surface area contributed by atoms with E-state index in [0.717, 1.165) is 66.1 Å². The summed E-state index contributed by atoms with van der Waals surface area (Å²) in [4.78, 5) is 9.11. The van der Waals surface area contributed by atoms with Crippen LogP contribution < -0.4 is 5.73 Å². The number of aryl methyl sites for hydroxylation is 4. The van der Waals surface area contributed by atoms with Crippen molar-refractivity contribution in [2.75, 3.05) is 11.5 Å². The molecule has 0 aliphatic carbocycles. The molecule has 0 aliphatic heterocycles. The first kappa shape index (κ1) is 21.4. The number of benzene rings is 1. The Morgan fingerprint density at radius 2 is 1.90 bits per heavy atom. The van der Waals surface area contributed by atoms with Crippen molar-refractivity contribution in [2.45, 2.75) is 57.9 Å². The van der Waals surface area contributed by atoms with Gasteiger partial charge in [0.25, 0.3) is 0 Å². The molecule has 2 heterocycles. The molecular formula is C21H26F2N4OS. The molecule has 0 radical (unpaired) electrons. The first-order valence-electron chi connectivity index (χ1n) is 9.78. The molecule has 2 N–H and O–H groups in total. The fourth-order valence-corrected chi connectivity index (χ4v) is 4.69. The molecule has 0 aliphatic rings. The lowest BCUT2D eigenvalue weighted by atomic mass is 10.2. The van der Waals surface area contributed by atoms with Gasteiger partial charge in [0, 0.05) is 30.5 Å². The monoisotopic (exact) mass is 420 g/mol. The molecule has 0 amide bonds. The van der Waals surface area contributed by atoms with E-state index in [1.807, 2.05) is 13.8 Å². The van der Waals surface area contributed by atoms with E-state index in [9.17, 15) is 13.0 Å². The van der Waals surface area contributed by atoms with Gasteiger partial charge in [-0.1, -0.05) is 13.3 Å². The van der Waals surface area contributed by atoms with Gasteiger partial charge >= 0.3 is 0 Å². The third kappa shape index (κ3) is 4.47. The van der Waals surface area contributed by atoms with Gasteiger partial charge in [-0.25, -0.2) is 18.7 Å². The lowest BCUT2D eigenvalue weighted by Gasteiger charge is -2.11. The van der Waals surface area contributed by atoms with E-state index in [4.69, 9.17) is 5.73 Å². The van der Waals surface area contributed by atoms with Crippen molar-refractivity contribution in [2.24, 2.45) is 0 Å². The van der Waals surface area contributed by atoms with Crippen LogP contribution in [0.25, 0.3) is 11.0 Å². The molecule has 2 aromatic heterocycles. The minimum Gasteiger partial charge on any atom is -0.382 e. The molecule has 8 heteroatoms. The second-order valence-electron chi connectivity index (χ2n) is 7.12. The normalized spacial score (nSPS) is 12.6. The highest BCUT2D eigenvalue weighted by Gasteiger charge is 2.16. The van der Waals surface area contributed by atoms with Gasteiger partial charge in [0.05, 0.1) is 21.2 Å². The zero-order valence-corrected chi connectivity index (χ0v) is 17.8. The van der Waals surface area contributed by atoms with Crippen molar-refractivity contribution in [3.8, 4) is 0 Å². The highest BCUT2D eigenvalue weighted by molar-refractivity contribution is 7.85. The Bertz CT molecular complexity index is 1060. The Balaban J connectivity index is 1.63. The summed E-state index contributed by atoms with van der Waals surface area (Å²) in [5.74, 6) is 0.359. The van der Waals surface area contributed by atoms with Gasteiger partial charge in [-0.15, -0.1) is 0 Å². The van der Waals surface area contributed by atoms with E-state index in [2.05, 4.69) is 21.5 Å². The number of rotatable bonds is 8. The minimum absolute atomic E-state index is 0.0642. The van der Waals surface area contributed by atoms with E-state index in [0.29, 0.717) is 18.0 Å². The van der Waals surface area contributed by atoms with Gasteiger partial charge in [-0.05, 0) is 44.4 Å². The number of imidazole rings is 1. The number of hydrogen-bond donors (Lipinski definition) is 1. The summed E-state index contributed by atoms with van der Waals surface area (Å²) in [6, 6.07) is 3.17. The molecule has 1 atom stereocenters. The van der Waals surface area contributed by atoms with Crippen molar-refractivity contribution in [1.29, 1.82) is 0 Å². The number of unbranched alkanes of at least 4 members (excludes halogenated alkanes) is 2. The number of pyridine rings is 1. The SMILES string of the molecule is CCc1nc2c(N)nc(C)c(C)c2n1CCCCCS(=O)c1ccc(F)cc1F. The smallest absolute Gasteiger partial charge is 0.151 e. The molecule has 1 unspecified atom stereocenters. The van der Waals surface area contributed by atoms with Crippen LogP contribution in [0, 0.1) is 25.5 Å². The van der Waals surface area contributed by atoms with Crippen LogP contribution in [0.15, 0.2) is 23.1 Å². The van der Waals surface area contributed by atoms with Crippen LogP contribution in [0.1, 0.15) is 43.3 Å². The van der Waals surface area contributed by atoms with Crippen LogP contribution in [-0.4, -0.2) is 24.5 Å². The standard InChI is InChI=1S/C21H26F2N4OS/c1-4-18-26-19-20(13(2)14(3)25-21(19)24)27(18)10-6-5-7-11-29(28)17-9-8-15(22)12-16(17)23/h8-9,12H,4-7,10-11H2,1-3H3,(H2,24,25). The van der Waals surface area contributed by atoms with Crippen LogP contribution in [0.3, 0.4) is 0 Å². The molecule has 0 fully saturated rings. The van der Waals surface area contributed by atoms with Crippen molar-refractivity contribution in [1.82, 2.24) is 14.5 Å². The summed E-state index contributed by atoms with van der Waals surface area (Å²) in [7, 11) is -1.47. The van der Waals surface area contributed by atoms with E-state index in [-0.39, 0.29) is 4.90 Å². The van der Waals surface area contributed by atoms with Gasteiger partial charge in [-0.3, -0.25) is 4.21 Å². The van der Waals surface area contributed by atoms with Crippen LogP contribution in [0.4, 0.5) is 14.6 Å². The molecular weight excluding hydrogens is 394 g/mol. The fourth-order valence-electron chi connectivity index (χ4n) is 3.51. The highest BCUT2D eigenvalue weighted by Crippen LogP contribution is 2.26. The van der Waals surface area contributed by atoms with Gasteiger partial charge in [-0.2, -0.15) is 0 Å². The maximum Gasteiger partial charge on any atom is 0.151 e. The highest BCUT2D eigenvalue weighted by atomic mass is 32.2. The number of anilines is 1. The zero-order valence-electron chi connectivity index (χ0n) is 17.0. The van der Waals surface area contributed by atoms with E-state index >= 15 is 0 Å². The average Bonchev–Trinajstić information content (AvgIpc) is 3.05. The second kappa shape index (κ2) is 8.98. The first-order chi connectivity index (χ1) is 13.8. The molecule has 1 aromatic carbocycles. The van der Waals surface area contributed by atoms with Crippen molar-refractivity contribution < 1.29 is 13.0 Å². The molecule has 29 heavy (non-hydrogen) atoms. The topological polar surface area (TPSA) is 73.8 Å². The molecule has 0 spiro atoms. The quantitative estimate of drug-likeness (QED) is 0.547. The number of halogens is 2. The molecule has 0 saturated carbocycles. The summed E-state index contributed by atoms with van der Waals surface area (Å²) in [6.07, 6.45) is 3.21. The molecule has 0 bridgehead atoms. The predicted octanol–water partition coefficient (Wildman–Crippen LogP) is 4.45. The van der Waals surface area contributed by atoms with Gasteiger partial charge in [0.2, 0.25) is 0 Å². The Hall–Kier alpha value is -2.35. The molecule has 156 valence electrons. The van der Waals surface area contributed by atoms with E-state index in [1.54, 1.807) is 0 Å². The fraction of sp³-hybridized carbons (Fsp3) is 0.429. The minimum atomic E-state index is -1.47. The molecule has 3 aromatic rings. The Morgan fingerprint density at radius 3 is 2.59 bits per heavy atom. The molecule has 3 rings (SSSR count). The molecule has 5 nitrogen and oxygen atoms in total. The van der Waals surface area contributed by atoms with E-state index in [1.165, 1.54) is 6.07 Å². The summed E-state index contributed by atoms with van der Waals surface area (Å²) in [5, 5.41) is 0. The number of nitrogens with zero attached hydrogens (tertiary/aromatic N) is 3. The number of nitrogen functional groups attached to an aromatic ring is 1. The third-order valence-corrected chi connectivity index (χ3v) is 6.62. The molecule has 0 saturated heterocycles. The summed E-state index contributed by atoms with van der Waals surface area (Å²) < 4.78 is 41.2. The predicted molar refractivity (Wildman–Crippen MR) is 112 cm³/mol. The summed E-state index contributed by atoms with van der Waals surface area (Å²) in [5.41, 5.74) is 9.83. The lowest BCUT2D eigenvalue weighted by Crippen LogP contribution is -2.06. The van der Waals surface area contributed by atoms with Gasteiger partial charge < -0.3 is 10.3 Å². The summed E-state index contributed by atoms with van der Waals surface area (Å²) >= 11 is 0. The van der Waals surface area contributed by atoms with Gasteiger partial charge in [0.15, 0.2) is 5.82 Å². The Kier molecular flexibility index (Phi) is 6.62. The van der Waals surface area contributed by atoms with Crippen molar-refractivity contribution in [3.63, 3.8) is 0 Å². The Morgan fingerprint density at radius 1 is 1.14 bits per heavy atom. The largest absolute Gasteiger partial charge is 0.382 e. The average molecular weight is 421 g/mol.